The van der Waals surface area contributed by atoms with Crippen molar-refractivity contribution in [1.82, 2.24) is 18.8 Å². The summed E-state index contributed by atoms with van der Waals surface area (Å²) >= 11 is 0. The lowest BCUT2D eigenvalue weighted by atomic mass is 10.2. The number of hydrogen-bond acceptors (Lipinski definition) is 4. The molecule has 1 aromatic carbocycles. The van der Waals surface area contributed by atoms with Crippen LogP contribution in [0.4, 0.5) is 0 Å². The number of aromatic nitrogens is 2. The molecule has 154 valence electrons. The molecular weight excluding hydrogens is 376 g/mol. The monoisotopic (exact) mass is 406 g/mol. The second-order valence-electron chi connectivity index (χ2n) is 7.80. The number of imidazole rings is 1. The average Bonchev–Trinajstić information content (AvgIpc) is 3.01. The van der Waals surface area contributed by atoms with Crippen LogP contribution in [0.3, 0.4) is 0 Å². The maximum Gasteiger partial charge on any atom is 0.243 e. The highest BCUT2D eigenvalue weighted by Crippen LogP contribution is 2.25. The van der Waals surface area contributed by atoms with E-state index in [0.29, 0.717) is 36.3 Å². The highest BCUT2D eigenvalue weighted by atomic mass is 32.2. The van der Waals surface area contributed by atoms with Gasteiger partial charge in [-0.25, -0.2) is 13.4 Å². The van der Waals surface area contributed by atoms with E-state index in [0.717, 1.165) is 30.6 Å². The Morgan fingerprint density at radius 1 is 1.21 bits per heavy atom. The molecule has 1 aliphatic heterocycles. The molecule has 0 saturated carbocycles. The lowest BCUT2D eigenvalue weighted by molar-refractivity contribution is -0.131. The van der Waals surface area contributed by atoms with E-state index < -0.39 is 10.0 Å². The van der Waals surface area contributed by atoms with Crippen molar-refractivity contribution >= 4 is 27.0 Å². The Hall–Kier alpha value is -1.93. The number of aryl methyl sites for hydroxylation is 2. The summed E-state index contributed by atoms with van der Waals surface area (Å²) in [5.41, 5.74) is 1.53. The van der Waals surface area contributed by atoms with Crippen molar-refractivity contribution in [2.75, 3.05) is 20.1 Å². The van der Waals surface area contributed by atoms with Gasteiger partial charge in [0.25, 0.3) is 0 Å². The first-order valence-electron chi connectivity index (χ1n) is 9.93. The van der Waals surface area contributed by atoms with Crippen LogP contribution < -0.4 is 0 Å². The van der Waals surface area contributed by atoms with Crippen LogP contribution in [0.5, 0.6) is 0 Å². The summed E-state index contributed by atoms with van der Waals surface area (Å²) in [5.74, 6) is 0.864. The standard InChI is InChI=1S/C20H30N4O3S/c1-15(2)22(3)20(25)11-10-19-21-17-14-16(8-9-18(17)23(19)4)28(26,27)24-12-6-5-7-13-24/h8-9,14-15H,5-7,10-13H2,1-4H3. The van der Waals surface area contributed by atoms with Gasteiger partial charge in [-0.05, 0) is 44.9 Å². The highest BCUT2D eigenvalue weighted by molar-refractivity contribution is 7.89. The molecule has 3 rings (SSSR count). The minimum absolute atomic E-state index is 0.0791. The van der Waals surface area contributed by atoms with Crippen LogP contribution in [0, 0.1) is 0 Å². The molecule has 28 heavy (non-hydrogen) atoms. The van der Waals surface area contributed by atoms with Crippen LogP contribution >= 0.6 is 0 Å². The molecule has 8 heteroatoms. The van der Waals surface area contributed by atoms with Crippen LogP contribution in [-0.2, 0) is 28.3 Å². The molecule has 1 aliphatic rings. The summed E-state index contributed by atoms with van der Waals surface area (Å²) in [5, 5.41) is 0. The van der Waals surface area contributed by atoms with Gasteiger partial charge in [0.05, 0.1) is 15.9 Å². The quantitative estimate of drug-likeness (QED) is 0.739. The van der Waals surface area contributed by atoms with Gasteiger partial charge < -0.3 is 9.47 Å². The molecule has 1 amide bonds. The topological polar surface area (TPSA) is 75.5 Å². The van der Waals surface area contributed by atoms with Gasteiger partial charge in [-0.1, -0.05) is 6.42 Å². The smallest absolute Gasteiger partial charge is 0.243 e. The Labute approximate surface area is 167 Å². The number of rotatable bonds is 6. The Kier molecular flexibility index (Phi) is 6.09. The molecule has 7 nitrogen and oxygen atoms in total. The molecule has 1 aromatic heterocycles. The number of sulfonamides is 1. The minimum Gasteiger partial charge on any atom is -0.343 e. The van der Waals surface area contributed by atoms with Gasteiger partial charge in [-0.2, -0.15) is 4.31 Å². The predicted molar refractivity (Wildman–Crippen MR) is 110 cm³/mol. The zero-order chi connectivity index (χ0) is 20.5. The van der Waals surface area contributed by atoms with Gasteiger partial charge in [0, 0.05) is 46.1 Å². The highest BCUT2D eigenvalue weighted by Gasteiger charge is 2.26. The number of piperidine rings is 1. The molecule has 2 heterocycles. The van der Waals surface area contributed by atoms with Crippen molar-refractivity contribution in [3.8, 4) is 0 Å². The van der Waals surface area contributed by atoms with Crippen LogP contribution in [0.2, 0.25) is 0 Å². The molecule has 2 aromatic rings. The molecule has 1 saturated heterocycles. The van der Waals surface area contributed by atoms with Crippen molar-refractivity contribution in [2.24, 2.45) is 7.05 Å². The number of nitrogens with zero attached hydrogens (tertiary/aromatic N) is 4. The van der Waals surface area contributed by atoms with Gasteiger partial charge in [-0.3, -0.25) is 4.79 Å². The third-order valence-electron chi connectivity index (χ3n) is 5.63. The number of carbonyl (C=O) groups is 1. The predicted octanol–water partition coefficient (Wildman–Crippen LogP) is 2.55. The Bertz CT molecular complexity index is 959. The lowest BCUT2D eigenvalue weighted by Gasteiger charge is -2.25. The van der Waals surface area contributed by atoms with Crippen LogP contribution in [0.25, 0.3) is 11.0 Å². The van der Waals surface area contributed by atoms with Gasteiger partial charge in [0.15, 0.2) is 0 Å². The molecule has 0 bridgehead atoms. The second-order valence-corrected chi connectivity index (χ2v) is 9.74. The number of amides is 1. The largest absolute Gasteiger partial charge is 0.343 e. The summed E-state index contributed by atoms with van der Waals surface area (Å²) in [7, 11) is 0.228. The summed E-state index contributed by atoms with van der Waals surface area (Å²) in [6.45, 7) is 5.13. The van der Waals surface area contributed by atoms with Crippen molar-refractivity contribution in [1.29, 1.82) is 0 Å². The number of hydrogen-bond donors (Lipinski definition) is 0. The Balaban J connectivity index is 1.82. The molecular formula is C20H30N4O3S. The van der Waals surface area contributed by atoms with Gasteiger partial charge in [-0.15, -0.1) is 0 Å². The average molecular weight is 407 g/mol. The minimum atomic E-state index is -3.48. The zero-order valence-electron chi connectivity index (χ0n) is 17.2. The van der Waals surface area contributed by atoms with Crippen LogP contribution in [0.15, 0.2) is 23.1 Å². The number of carbonyl (C=O) groups excluding carboxylic acids is 1. The molecule has 0 radical (unpaired) electrons. The van der Waals surface area contributed by atoms with Crippen molar-refractivity contribution in [3.63, 3.8) is 0 Å². The maximum absolute atomic E-state index is 12.9. The fourth-order valence-corrected chi connectivity index (χ4v) is 5.09. The number of benzene rings is 1. The molecule has 0 N–H and O–H groups in total. The fourth-order valence-electron chi connectivity index (χ4n) is 3.55. The van der Waals surface area contributed by atoms with Crippen molar-refractivity contribution in [2.45, 2.75) is 56.9 Å². The third kappa shape index (κ3) is 4.07. The summed E-state index contributed by atoms with van der Waals surface area (Å²) < 4.78 is 29.3. The fraction of sp³-hybridized carbons (Fsp3) is 0.600. The molecule has 0 unspecified atom stereocenters. The first-order chi connectivity index (χ1) is 13.2. The SMILES string of the molecule is CC(C)N(C)C(=O)CCc1nc2cc(S(=O)(=O)N3CCCCC3)ccc2n1C. The first-order valence-corrected chi connectivity index (χ1v) is 11.4. The summed E-state index contributed by atoms with van der Waals surface area (Å²) in [6.07, 6.45) is 3.81. The normalized spacial score (nSPS) is 16.0. The Morgan fingerprint density at radius 3 is 2.54 bits per heavy atom. The maximum atomic E-state index is 12.9. The van der Waals surface area contributed by atoms with Crippen molar-refractivity contribution < 1.29 is 13.2 Å². The van der Waals surface area contributed by atoms with Crippen LogP contribution in [-0.4, -0.2) is 59.3 Å². The molecule has 0 aliphatic carbocycles. The van der Waals surface area contributed by atoms with E-state index in [9.17, 15) is 13.2 Å². The first kappa shape index (κ1) is 20.8. The Morgan fingerprint density at radius 2 is 1.89 bits per heavy atom. The van der Waals surface area contributed by atoms with Gasteiger partial charge in [0.1, 0.15) is 5.82 Å². The molecule has 0 atom stereocenters. The third-order valence-corrected chi connectivity index (χ3v) is 7.52. The van der Waals surface area contributed by atoms with E-state index in [1.807, 2.05) is 31.5 Å². The summed E-state index contributed by atoms with van der Waals surface area (Å²) in [6, 6.07) is 5.29. The van der Waals surface area contributed by atoms with E-state index in [1.54, 1.807) is 28.4 Å². The number of fused-ring (bicyclic) bond motifs is 1. The second kappa shape index (κ2) is 8.21. The summed E-state index contributed by atoms with van der Waals surface area (Å²) in [4.78, 5) is 18.9. The van der Waals surface area contributed by atoms with E-state index >= 15 is 0 Å². The molecule has 1 fully saturated rings. The lowest BCUT2D eigenvalue weighted by Crippen LogP contribution is -2.35. The van der Waals surface area contributed by atoms with Crippen LogP contribution in [0.1, 0.15) is 45.4 Å². The van der Waals surface area contributed by atoms with E-state index in [2.05, 4.69) is 4.98 Å². The van der Waals surface area contributed by atoms with Crippen molar-refractivity contribution in [3.05, 3.63) is 24.0 Å². The van der Waals surface area contributed by atoms with Gasteiger partial charge in [0.2, 0.25) is 15.9 Å². The van der Waals surface area contributed by atoms with E-state index in [4.69, 9.17) is 0 Å². The molecule has 0 spiro atoms. The van der Waals surface area contributed by atoms with Gasteiger partial charge >= 0.3 is 0 Å². The van der Waals surface area contributed by atoms with E-state index in [1.165, 1.54) is 0 Å². The van der Waals surface area contributed by atoms with E-state index in [-0.39, 0.29) is 11.9 Å². The zero-order valence-corrected chi connectivity index (χ0v) is 18.0.